The van der Waals surface area contributed by atoms with Crippen LogP contribution >= 0.6 is 35.3 Å². The molecule has 0 aliphatic rings. The van der Waals surface area contributed by atoms with Crippen molar-refractivity contribution in [2.45, 2.75) is 26.7 Å². The van der Waals surface area contributed by atoms with Crippen molar-refractivity contribution in [3.8, 4) is 0 Å². The first kappa shape index (κ1) is 20.7. The largest absolute Gasteiger partial charge is 0.361 e. The Hall–Kier alpha value is -1.61. The van der Waals surface area contributed by atoms with E-state index >= 15 is 0 Å². The number of aromatic nitrogens is 2. The third kappa shape index (κ3) is 5.44. The minimum absolute atomic E-state index is 0. The normalized spacial score (nSPS) is 11.4. The molecular formula is C19H26IN5S. The van der Waals surface area contributed by atoms with Crippen molar-refractivity contribution in [1.82, 2.24) is 20.6 Å². The van der Waals surface area contributed by atoms with Gasteiger partial charge in [0.15, 0.2) is 5.96 Å². The first-order valence-corrected chi connectivity index (χ1v) is 9.46. The molecule has 2 aromatic heterocycles. The van der Waals surface area contributed by atoms with E-state index in [1.807, 2.05) is 6.92 Å². The summed E-state index contributed by atoms with van der Waals surface area (Å²) >= 11 is 1.70. The summed E-state index contributed by atoms with van der Waals surface area (Å²) in [5.74, 6) is 0.836. The summed E-state index contributed by atoms with van der Waals surface area (Å²) in [4.78, 5) is 12.1. The number of thiazole rings is 1. The Bertz CT molecular complexity index is 868. The number of guanidine groups is 1. The van der Waals surface area contributed by atoms with Gasteiger partial charge in [-0.15, -0.1) is 35.3 Å². The van der Waals surface area contributed by atoms with E-state index in [2.05, 4.69) is 62.3 Å². The minimum Gasteiger partial charge on any atom is -0.361 e. The van der Waals surface area contributed by atoms with Gasteiger partial charge in [0.1, 0.15) is 0 Å². The fraction of sp³-hybridized carbons (Fsp3) is 0.368. The SMILES string of the molecule is CN=C(NCCc1csc(C)n1)NCCc1c[nH]c2cc(C)ccc12.I. The number of fused-ring (bicyclic) bond motifs is 1. The van der Waals surface area contributed by atoms with Gasteiger partial charge in [0.05, 0.1) is 10.7 Å². The molecular weight excluding hydrogens is 457 g/mol. The summed E-state index contributed by atoms with van der Waals surface area (Å²) in [5.41, 5.74) is 4.95. The van der Waals surface area contributed by atoms with E-state index in [0.717, 1.165) is 42.6 Å². The highest BCUT2D eigenvalue weighted by molar-refractivity contribution is 14.0. The second kappa shape index (κ2) is 9.91. The van der Waals surface area contributed by atoms with Crippen LogP contribution in [0.5, 0.6) is 0 Å². The number of halogens is 1. The molecule has 0 bridgehead atoms. The van der Waals surface area contributed by atoms with E-state index in [9.17, 15) is 0 Å². The Morgan fingerprint density at radius 2 is 1.96 bits per heavy atom. The summed E-state index contributed by atoms with van der Waals surface area (Å²) in [6, 6.07) is 6.54. The number of nitrogens with zero attached hydrogens (tertiary/aromatic N) is 2. The summed E-state index contributed by atoms with van der Waals surface area (Å²) in [5, 5.41) is 11.3. The first-order chi connectivity index (χ1) is 12.2. The van der Waals surface area contributed by atoms with Crippen LogP contribution in [0.2, 0.25) is 0 Å². The van der Waals surface area contributed by atoms with Crippen LogP contribution in [0.1, 0.15) is 21.8 Å². The molecule has 3 N–H and O–H groups in total. The molecule has 0 unspecified atom stereocenters. The van der Waals surface area contributed by atoms with Crippen LogP contribution in [0.25, 0.3) is 10.9 Å². The van der Waals surface area contributed by atoms with E-state index in [1.165, 1.54) is 22.0 Å². The Balaban J connectivity index is 0.00000243. The third-order valence-electron chi connectivity index (χ3n) is 4.17. The van der Waals surface area contributed by atoms with Crippen molar-refractivity contribution in [1.29, 1.82) is 0 Å². The molecule has 1 aromatic carbocycles. The summed E-state index contributed by atoms with van der Waals surface area (Å²) < 4.78 is 0. The molecule has 26 heavy (non-hydrogen) atoms. The van der Waals surface area contributed by atoms with Crippen molar-refractivity contribution in [3.63, 3.8) is 0 Å². The lowest BCUT2D eigenvalue weighted by atomic mass is 10.1. The van der Waals surface area contributed by atoms with Gasteiger partial charge in [0.2, 0.25) is 0 Å². The molecule has 0 saturated carbocycles. The zero-order valence-corrected chi connectivity index (χ0v) is 18.6. The van der Waals surface area contributed by atoms with Gasteiger partial charge >= 0.3 is 0 Å². The van der Waals surface area contributed by atoms with Gasteiger partial charge in [-0.25, -0.2) is 4.98 Å². The number of benzene rings is 1. The van der Waals surface area contributed by atoms with Crippen LogP contribution < -0.4 is 10.6 Å². The Kier molecular flexibility index (Phi) is 7.89. The van der Waals surface area contributed by atoms with E-state index in [0.29, 0.717) is 0 Å². The molecule has 0 spiro atoms. The molecule has 0 radical (unpaired) electrons. The summed E-state index contributed by atoms with van der Waals surface area (Å²) in [7, 11) is 1.80. The lowest BCUT2D eigenvalue weighted by molar-refractivity contribution is 0.778. The molecule has 0 aliphatic heterocycles. The zero-order valence-electron chi connectivity index (χ0n) is 15.4. The van der Waals surface area contributed by atoms with Gasteiger partial charge in [-0.2, -0.15) is 0 Å². The summed E-state index contributed by atoms with van der Waals surface area (Å²) in [6.07, 6.45) is 3.97. The number of rotatable bonds is 6. The van der Waals surface area contributed by atoms with Crippen molar-refractivity contribution in [3.05, 3.63) is 51.6 Å². The zero-order chi connectivity index (χ0) is 17.6. The highest BCUT2D eigenvalue weighted by Gasteiger charge is 2.05. The number of H-pyrrole nitrogens is 1. The second-order valence-corrected chi connectivity index (χ2v) is 7.21. The van der Waals surface area contributed by atoms with Crippen molar-refractivity contribution in [2.75, 3.05) is 20.1 Å². The van der Waals surface area contributed by atoms with E-state index in [-0.39, 0.29) is 24.0 Å². The Morgan fingerprint density at radius 3 is 2.65 bits per heavy atom. The van der Waals surface area contributed by atoms with Crippen molar-refractivity contribution < 1.29 is 0 Å². The fourth-order valence-electron chi connectivity index (χ4n) is 2.88. The molecule has 0 saturated heterocycles. The number of aliphatic imine (C=N–C) groups is 1. The molecule has 0 amide bonds. The predicted octanol–water partition coefficient (Wildman–Crippen LogP) is 3.81. The Morgan fingerprint density at radius 1 is 1.19 bits per heavy atom. The molecule has 0 atom stereocenters. The lowest BCUT2D eigenvalue weighted by Gasteiger charge is -2.11. The van der Waals surface area contributed by atoms with E-state index in [4.69, 9.17) is 0 Å². The number of nitrogens with one attached hydrogen (secondary N) is 3. The molecule has 3 aromatic rings. The van der Waals surface area contributed by atoms with E-state index in [1.54, 1.807) is 18.4 Å². The molecule has 3 rings (SSSR count). The van der Waals surface area contributed by atoms with Crippen LogP contribution in [0.4, 0.5) is 0 Å². The monoisotopic (exact) mass is 483 g/mol. The molecule has 140 valence electrons. The molecule has 0 fully saturated rings. The maximum atomic E-state index is 4.48. The number of aryl methyl sites for hydroxylation is 2. The summed E-state index contributed by atoms with van der Waals surface area (Å²) in [6.45, 7) is 5.82. The minimum atomic E-state index is 0. The second-order valence-electron chi connectivity index (χ2n) is 6.15. The highest BCUT2D eigenvalue weighted by Crippen LogP contribution is 2.19. The molecule has 7 heteroatoms. The fourth-order valence-corrected chi connectivity index (χ4v) is 3.52. The van der Waals surface area contributed by atoms with Gasteiger partial charge in [-0.05, 0) is 37.5 Å². The van der Waals surface area contributed by atoms with Crippen LogP contribution in [0.3, 0.4) is 0 Å². The van der Waals surface area contributed by atoms with Gasteiger partial charge in [0, 0.05) is 49.0 Å². The highest BCUT2D eigenvalue weighted by atomic mass is 127. The van der Waals surface area contributed by atoms with Crippen LogP contribution in [0.15, 0.2) is 34.8 Å². The van der Waals surface area contributed by atoms with Gasteiger partial charge in [0.25, 0.3) is 0 Å². The standard InChI is InChI=1S/C19H25N5S.HI/c1-13-4-5-17-15(11-23-18(17)10-13)6-8-21-19(20-3)22-9-7-16-12-25-14(2)24-16;/h4-5,10-12,23H,6-9H2,1-3H3,(H2,20,21,22);1H. The molecule has 0 aliphatic carbocycles. The number of aromatic amines is 1. The maximum absolute atomic E-state index is 4.48. The Labute approximate surface area is 175 Å². The smallest absolute Gasteiger partial charge is 0.190 e. The molecule has 2 heterocycles. The average Bonchev–Trinajstić information content (AvgIpc) is 3.19. The lowest BCUT2D eigenvalue weighted by Crippen LogP contribution is -2.39. The van der Waals surface area contributed by atoms with Crippen molar-refractivity contribution >= 4 is 52.2 Å². The number of hydrogen-bond donors (Lipinski definition) is 3. The van der Waals surface area contributed by atoms with Gasteiger partial charge < -0.3 is 15.6 Å². The van der Waals surface area contributed by atoms with E-state index < -0.39 is 0 Å². The average molecular weight is 483 g/mol. The van der Waals surface area contributed by atoms with Crippen LogP contribution in [-0.2, 0) is 12.8 Å². The first-order valence-electron chi connectivity index (χ1n) is 8.58. The topological polar surface area (TPSA) is 65.1 Å². The predicted molar refractivity (Wildman–Crippen MR) is 122 cm³/mol. The third-order valence-corrected chi connectivity index (χ3v) is 5.00. The van der Waals surface area contributed by atoms with Crippen LogP contribution in [-0.4, -0.2) is 36.1 Å². The van der Waals surface area contributed by atoms with Gasteiger partial charge in [-0.3, -0.25) is 4.99 Å². The quantitative estimate of drug-likeness (QED) is 0.284. The molecule has 5 nitrogen and oxygen atoms in total. The van der Waals surface area contributed by atoms with Crippen molar-refractivity contribution in [2.24, 2.45) is 4.99 Å². The van der Waals surface area contributed by atoms with Crippen LogP contribution in [0, 0.1) is 13.8 Å². The number of hydrogen-bond acceptors (Lipinski definition) is 3. The van der Waals surface area contributed by atoms with Gasteiger partial charge in [-0.1, -0.05) is 12.1 Å². The maximum Gasteiger partial charge on any atom is 0.190 e.